The molecule has 518 valence electrons. The third kappa shape index (κ3) is 42.8. The summed E-state index contributed by atoms with van der Waals surface area (Å²) < 4.78 is 22.9. The van der Waals surface area contributed by atoms with E-state index >= 15 is 0 Å². The van der Waals surface area contributed by atoms with Crippen molar-refractivity contribution in [3.8, 4) is 0 Å². The van der Waals surface area contributed by atoms with Crippen LogP contribution in [0.25, 0.3) is 0 Å². The van der Waals surface area contributed by atoms with E-state index in [9.17, 15) is 45.6 Å². The van der Waals surface area contributed by atoms with Crippen molar-refractivity contribution >= 4 is 5.91 Å². The quantitative estimate of drug-likeness (QED) is 0.0259. The number of carbonyl (C=O) groups excluding carboxylic acids is 1. The summed E-state index contributed by atoms with van der Waals surface area (Å²) in [5.74, 6) is -0.197. The molecule has 2 saturated heterocycles. The summed E-state index contributed by atoms with van der Waals surface area (Å²) in [6.45, 7) is 2.92. The number of aliphatic hydroxyl groups is 8. The Morgan fingerprint density at radius 1 is 0.368 bits per heavy atom. The summed E-state index contributed by atoms with van der Waals surface area (Å²) in [5, 5.41) is 87.6. The van der Waals surface area contributed by atoms with E-state index in [2.05, 4.69) is 19.2 Å². The van der Waals surface area contributed by atoms with Crippen LogP contribution in [0.3, 0.4) is 0 Å². The van der Waals surface area contributed by atoms with Gasteiger partial charge in [0.15, 0.2) is 12.6 Å². The van der Waals surface area contributed by atoms with Crippen LogP contribution in [0.2, 0.25) is 0 Å². The van der Waals surface area contributed by atoms with Gasteiger partial charge in [0.25, 0.3) is 0 Å². The zero-order valence-electron chi connectivity index (χ0n) is 56.6. The van der Waals surface area contributed by atoms with Gasteiger partial charge < -0.3 is 65.1 Å². The van der Waals surface area contributed by atoms with E-state index in [0.717, 1.165) is 51.4 Å². The summed E-state index contributed by atoms with van der Waals surface area (Å²) in [6.07, 6.45) is 54.4. The molecule has 0 saturated carbocycles. The van der Waals surface area contributed by atoms with Crippen molar-refractivity contribution in [2.45, 2.75) is 441 Å². The molecular formula is C73H143NO13. The molecule has 12 atom stereocenters. The molecule has 14 nitrogen and oxygen atoms in total. The molecule has 2 aliphatic rings. The fourth-order valence-corrected chi connectivity index (χ4v) is 13.1. The Morgan fingerprint density at radius 3 is 0.977 bits per heavy atom. The van der Waals surface area contributed by atoms with Gasteiger partial charge in [-0.3, -0.25) is 4.79 Å². The molecule has 1 amide bonds. The molecule has 2 fully saturated rings. The minimum atomic E-state index is -1.78. The van der Waals surface area contributed by atoms with Crippen LogP contribution in [0.15, 0.2) is 0 Å². The lowest BCUT2D eigenvalue weighted by atomic mass is 9.97. The maximum atomic E-state index is 13.3. The summed E-state index contributed by atoms with van der Waals surface area (Å²) in [6, 6.07) is -0.824. The molecule has 0 spiro atoms. The molecule has 87 heavy (non-hydrogen) atoms. The zero-order chi connectivity index (χ0) is 63.1. The smallest absolute Gasteiger partial charge is 0.220 e. The number of hydrogen-bond donors (Lipinski definition) is 9. The Morgan fingerprint density at radius 2 is 0.655 bits per heavy atom. The van der Waals surface area contributed by atoms with Crippen LogP contribution in [0.4, 0.5) is 0 Å². The molecule has 14 heteroatoms. The molecule has 0 bridgehead atoms. The van der Waals surface area contributed by atoms with Crippen molar-refractivity contribution in [1.82, 2.24) is 5.32 Å². The van der Waals surface area contributed by atoms with Gasteiger partial charge in [-0.1, -0.05) is 348 Å². The predicted octanol–water partition coefficient (Wildman–Crippen LogP) is 16.0. The maximum absolute atomic E-state index is 13.3. The molecule has 9 N–H and O–H groups in total. The normalized spacial score (nSPS) is 23.1. The van der Waals surface area contributed by atoms with Crippen molar-refractivity contribution in [3.05, 3.63) is 0 Å². The van der Waals surface area contributed by atoms with Crippen molar-refractivity contribution < 1.29 is 64.6 Å². The lowest BCUT2D eigenvalue weighted by Crippen LogP contribution is -2.65. The van der Waals surface area contributed by atoms with Gasteiger partial charge in [-0.25, -0.2) is 0 Å². The first kappa shape index (κ1) is 82.1. The zero-order valence-corrected chi connectivity index (χ0v) is 56.6. The maximum Gasteiger partial charge on any atom is 0.220 e. The standard InChI is InChI=1S/C73H143NO13/c1-3-5-7-9-11-13-15-17-19-21-22-23-24-25-26-27-28-29-30-31-32-33-34-35-36-37-38-39-40-41-43-45-47-49-51-53-55-57-65(78)74-61(62(77)56-54-52-50-48-46-44-42-20-18-16-14-12-10-8-6-4-2)60-84-72-70(83)68(81)71(64(59-76)86-72)87-73-69(82)67(80)66(79)63(58-75)85-73/h61-64,66-73,75-77,79-83H,3-60H2,1-2H3,(H,74,78). The number of hydrogen-bond acceptors (Lipinski definition) is 13. The fourth-order valence-electron chi connectivity index (χ4n) is 13.1. The van der Waals surface area contributed by atoms with Crippen LogP contribution in [0.5, 0.6) is 0 Å². The van der Waals surface area contributed by atoms with E-state index in [0.29, 0.717) is 12.8 Å². The summed E-state index contributed by atoms with van der Waals surface area (Å²) in [5.41, 5.74) is 0. The number of unbranched alkanes of at least 4 members (excludes halogenated alkanes) is 51. The Balaban J connectivity index is 1.55. The van der Waals surface area contributed by atoms with Crippen LogP contribution in [0.1, 0.15) is 367 Å². The van der Waals surface area contributed by atoms with Crippen LogP contribution < -0.4 is 5.32 Å². The van der Waals surface area contributed by atoms with E-state index in [1.54, 1.807) is 0 Å². The van der Waals surface area contributed by atoms with Crippen LogP contribution in [-0.2, 0) is 23.7 Å². The molecule has 2 aliphatic heterocycles. The van der Waals surface area contributed by atoms with Crippen LogP contribution >= 0.6 is 0 Å². The van der Waals surface area contributed by atoms with Crippen molar-refractivity contribution in [1.29, 1.82) is 0 Å². The fraction of sp³-hybridized carbons (Fsp3) is 0.986. The molecule has 12 unspecified atom stereocenters. The summed E-state index contributed by atoms with van der Waals surface area (Å²) >= 11 is 0. The van der Waals surface area contributed by atoms with E-state index in [4.69, 9.17) is 18.9 Å². The topological polar surface area (TPSA) is 228 Å². The van der Waals surface area contributed by atoms with Gasteiger partial charge in [-0.05, 0) is 12.8 Å². The second-order valence-electron chi connectivity index (χ2n) is 27.1. The number of nitrogens with one attached hydrogen (secondary N) is 1. The van der Waals surface area contributed by atoms with Crippen LogP contribution in [-0.4, -0.2) is 140 Å². The number of carbonyl (C=O) groups is 1. The van der Waals surface area contributed by atoms with Gasteiger partial charge in [0.05, 0.1) is 32.0 Å². The van der Waals surface area contributed by atoms with Gasteiger partial charge in [0.1, 0.15) is 48.8 Å². The number of rotatable bonds is 64. The van der Waals surface area contributed by atoms with E-state index < -0.39 is 86.8 Å². The first-order valence-electron chi connectivity index (χ1n) is 37.8. The van der Waals surface area contributed by atoms with Crippen molar-refractivity contribution in [2.75, 3.05) is 19.8 Å². The highest BCUT2D eigenvalue weighted by atomic mass is 16.7. The highest BCUT2D eigenvalue weighted by molar-refractivity contribution is 5.76. The summed E-state index contributed by atoms with van der Waals surface area (Å²) in [4.78, 5) is 13.3. The predicted molar refractivity (Wildman–Crippen MR) is 356 cm³/mol. The first-order chi connectivity index (χ1) is 42.6. The average Bonchev–Trinajstić information content (AvgIpc) is 2.36. The molecule has 0 aromatic rings. The van der Waals surface area contributed by atoms with Crippen LogP contribution in [0, 0.1) is 0 Å². The molecule has 0 aromatic heterocycles. The van der Waals surface area contributed by atoms with Gasteiger partial charge in [0, 0.05) is 6.42 Å². The Labute approximate surface area is 534 Å². The molecule has 0 radical (unpaired) electrons. The Hall–Kier alpha value is -1.01. The molecule has 2 heterocycles. The summed E-state index contributed by atoms with van der Waals surface area (Å²) in [7, 11) is 0. The van der Waals surface area contributed by atoms with Gasteiger partial charge in [0.2, 0.25) is 5.91 Å². The van der Waals surface area contributed by atoms with Gasteiger partial charge in [-0.2, -0.15) is 0 Å². The second kappa shape index (κ2) is 58.8. The lowest BCUT2D eigenvalue weighted by molar-refractivity contribution is -0.359. The SMILES string of the molecule is CCCCCCCCCCCCCCCCCCCCCCCCCCCCCCCCCCCCCCCC(=O)NC(COC1OC(CO)C(OC2OC(CO)C(O)C(O)C2O)C(O)C1O)C(O)CCCCCCCCCCCCCCCCCC. The molecule has 2 rings (SSSR count). The first-order valence-corrected chi connectivity index (χ1v) is 37.8. The highest BCUT2D eigenvalue weighted by Gasteiger charge is 2.51. The largest absolute Gasteiger partial charge is 0.394 e. The molecule has 0 aromatic carbocycles. The third-order valence-electron chi connectivity index (χ3n) is 19.1. The third-order valence-corrected chi connectivity index (χ3v) is 19.1. The average molecular weight is 1240 g/mol. The molecule has 0 aliphatic carbocycles. The van der Waals surface area contributed by atoms with Crippen molar-refractivity contribution in [2.24, 2.45) is 0 Å². The number of ether oxygens (including phenoxy) is 4. The minimum absolute atomic E-state index is 0.197. The minimum Gasteiger partial charge on any atom is -0.394 e. The second-order valence-corrected chi connectivity index (χ2v) is 27.1. The Kier molecular flexibility index (Phi) is 55.5. The Bertz CT molecular complexity index is 1460. The van der Waals surface area contributed by atoms with Crippen molar-refractivity contribution in [3.63, 3.8) is 0 Å². The number of amides is 1. The van der Waals surface area contributed by atoms with E-state index in [-0.39, 0.29) is 12.5 Å². The lowest BCUT2D eigenvalue weighted by Gasteiger charge is -2.46. The monoisotopic (exact) mass is 1240 g/mol. The van der Waals surface area contributed by atoms with Gasteiger partial charge >= 0.3 is 0 Å². The molecular weight excluding hydrogens is 1100 g/mol. The number of aliphatic hydroxyl groups excluding tert-OH is 8. The van der Waals surface area contributed by atoms with Gasteiger partial charge in [-0.15, -0.1) is 0 Å². The highest BCUT2D eigenvalue weighted by Crippen LogP contribution is 2.30. The van der Waals surface area contributed by atoms with E-state index in [1.165, 1.54) is 289 Å². The van der Waals surface area contributed by atoms with E-state index in [1.807, 2.05) is 0 Å².